The van der Waals surface area contributed by atoms with Crippen molar-refractivity contribution in [3.05, 3.63) is 29.3 Å². The summed E-state index contributed by atoms with van der Waals surface area (Å²) in [4.78, 5) is 13.2. The summed E-state index contributed by atoms with van der Waals surface area (Å²) in [5.74, 6) is -3.36. The number of halogens is 5. The molecule has 3 aliphatic carbocycles. The predicted molar refractivity (Wildman–Crippen MR) is 162 cm³/mol. The Hall–Kier alpha value is -1.55. The number of alkyl halides is 5. The summed E-state index contributed by atoms with van der Waals surface area (Å²) in [5, 5.41) is 21.9. The molecule has 4 unspecified atom stereocenters. The van der Waals surface area contributed by atoms with Crippen molar-refractivity contribution in [1.82, 2.24) is 0 Å². The molecule has 44 heavy (non-hydrogen) atoms. The van der Waals surface area contributed by atoms with Gasteiger partial charge in [0.1, 0.15) is 11.5 Å². The predicted octanol–water partition coefficient (Wildman–Crippen LogP) is 9.02. The maximum absolute atomic E-state index is 13.2. The summed E-state index contributed by atoms with van der Waals surface area (Å²) >= 11 is 0. The number of ketones is 1. The van der Waals surface area contributed by atoms with Gasteiger partial charge in [0, 0.05) is 40.6 Å². The summed E-state index contributed by atoms with van der Waals surface area (Å²) in [6, 6.07) is 5.39. The number of carbonyl (C=O) groups excluding carboxylic acids is 1. The number of carbonyl (C=O) groups is 1. The molecule has 4 nitrogen and oxygen atoms in total. The minimum Gasteiger partial charge on any atom is -0.508 e. The van der Waals surface area contributed by atoms with E-state index in [0.717, 1.165) is 68.9 Å². The van der Waals surface area contributed by atoms with Crippen molar-refractivity contribution in [3.63, 3.8) is 0 Å². The van der Waals surface area contributed by atoms with Gasteiger partial charge in [-0.2, -0.15) is 22.0 Å². The molecule has 0 aromatic heterocycles. The lowest BCUT2D eigenvalue weighted by atomic mass is 9.48. The van der Waals surface area contributed by atoms with Crippen molar-refractivity contribution in [1.29, 1.82) is 0 Å². The zero-order valence-corrected chi connectivity index (χ0v) is 27.1. The molecule has 2 saturated carbocycles. The monoisotopic (exact) mass is 648 g/mol. The molecule has 0 bridgehead atoms. The maximum atomic E-state index is 13.2. The average Bonchev–Trinajstić information content (AvgIpc) is 3.12. The average molecular weight is 649 g/mol. The minimum absolute atomic E-state index is 0.0201. The lowest BCUT2D eigenvalue weighted by molar-refractivity contribution is -0.284. The van der Waals surface area contributed by atoms with E-state index in [2.05, 4.69) is 20.8 Å². The van der Waals surface area contributed by atoms with E-state index in [1.165, 1.54) is 0 Å². The largest absolute Gasteiger partial charge is 0.508 e. The topological polar surface area (TPSA) is 74.6 Å². The Labute approximate surface area is 261 Å². The first-order valence-corrected chi connectivity index (χ1v) is 17.8. The van der Waals surface area contributed by atoms with Crippen molar-refractivity contribution < 1.29 is 41.2 Å². The van der Waals surface area contributed by atoms with E-state index in [4.69, 9.17) is 0 Å². The standard InChI is InChI=1S/C34H49F5O4S/c1-31(2)28(41)21-27-29-24(15-17-32(27,31)3)23-14-13-22(40)20-26(23)30(42)25(29)12-9-7-5-4-6-8-10-18-44(43)19-11-16-33(35,36)34(37,38)39/h13-14,20,24-25,27,29-30,40,42H,4-12,15-19,21H2,1-3H3/t24?,25-,27?,29?,30+,32-,44?/m0/s1. The van der Waals surface area contributed by atoms with Crippen molar-refractivity contribution in [3.8, 4) is 5.75 Å². The van der Waals surface area contributed by atoms with Crippen LogP contribution in [0.15, 0.2) is 18.2 Å². The molecular weight excluding hydrogens is 599 g/mol. The van der Waals surface area contributed by atoms with Crippen LogP contribution in [0.5, 0.6) is 5.75 Å². The van der Waals surface area contributed by atoms with Crippen molar-refractivity contribution in [2.75, 3.05) is 11.5 Å². The van der Waals surface area contributed by atoms with Gasteiger partial charge in [-0.25, -0.2) is 0 Å². The first-order chi connectivity index (χ1) is 20.5. The van der Waals surface area contributed by atoms with E-state index >= 15 is 0 Å². The zero-order chi connectivity index (χ0) is 32.5. The molecule has 0 radical (unpaired) electrons. The molecule has 3 aliphatic rings. The molecule has 1 aromatic carbocycles. The van der Waals surface area contributed by atoms with Crippen LogP contribution in [0.2, 0.25) is 0 Å². The molecule has 2 N–H and O–H groups in total. The quantitative estimate of drug-likeness (QED) is 0.156. The lowest BCUT2D eigenvalue weighted by Gasteiger charge is -2.56. The van der Waals surface area contributed by atoms with Gasteiger partial charge in [0.2, 0.25) is 0 Å². The first-order valence-electron chi connectivity index (χ1n) is 16.3. The highest BCUT2D eigenvalue weighted by Crippen LogP contribution is 2.68. The van der Waals surface area contributed by atoms with E-state index in [-0.39, 0.29) is 46.0 Å². The second-order valence-electron chi connectivity index (χ2n) is 14.3. The highest BCUT2D eigenvalue weighted by Gasteiger charge is 2.64. The SMILES string of the molecule is CC1(C)C(=O)CC2C3C(CC[C@@]21C)c1ccc(O)cc1[C@H](O)[C@H]3CCCCCCCCCS(=O)CCCC(F)(F)C(F)(F)F. The van der Waals surface area contributed by atoms with Crippen LogP contribution in [0.1, 0.15) is 127 Å². The summed E-state index contributed by atoms with van der Waals surface area (Å²) in [5.41, 5.74) is 1.46. The van der Waals surface area contributed by atoms with Gasteiger partial charge in [0.15, 0.2) is 0 Å². The molecule has 4 rings (SSSR count). The Morgan fingerprint density at radius 3 is 2.18 bits per heavy atom. The normalized spacial score (nSPS) is 30.5. The van der Waals surface area contributed by atoms with Crippen LogP contribution in [-0.2, 0) is 15.6 Å². The van der Waals surface area contributed by atoms with Crippen LogP contribution in [0.3, 0.4) is 0 Å². The smallest absolute Gasteiger partial charge is 0.453 e. The number of fused-ring (bicyclic) bond motifs is 5. The van der Waals surface area contributed by atoms with Crippen LogP contribution in [0.25, 0.3) is 0 Å². The fourth-order valence-electron chi connectivity index (χ4n) is 8.58. The fourth-order valence-corrected chi connectivity index (χ4v) is 9.78. The van der Waals surface area contributed by atoms with Gasteiger partial charge in [-0.1, -0.05) is 65.4 Å². The molecule has 10 heteroatoms. The third-order valence-electron chi connectivity index (χ3n) is 11.6. The Kier molecular flexibility index (Phi) is 11.0. The number of benzene rings is 1. The summed E-state index contributed by atoms with van der Waals surface area (Å²) < 4.78 is 74.7. The molecule has 0 amide bonds. The van der Waals surface area contributed by atoms with Gasteiger partial charge in [-0.3, -0.25) is 9.00 Å². The van der Waals surface area contributed by atoms with Gasteiger partial charge in [-0.05, 0) is 84.5 Å². The summed E-state index contributed by atoms with van der Waals surface area (Å²) in [6.45, 7) is 6.46. The number of unbranched alkanes of at least 4 members (excludes halogenated alkanes) is 6. The van der Waals surface area contributed by atoms with E-state index in [1.54, 1.807) is 12.1 Å². The Morgan fingerprint density at radius 2 is 1.52 bits per heavy atom. The number of aromatic hydroxyl groups is 1. The molecule has 250 valence electrons. The first kappa shape index (κ1) is 35.3. The third-order valence-corrected chi connectivity index (χ3v) is 13.1. The lowest BCUT2D eigenvalue weighted by Crippen LogP contribution is -2.49. The van der Waals surface area contributed by atoms with Gasteiger partial charge < -0.3 is 10.2 Å². The Bertz CT molecular complexity index is 1180. The molecule has 1 aromatic rings. The number of hydrogen-bond donors (Lipinski definition) is 2. The van der Waals surface area contributed by atoms with Gasteiger partial charge >= 0.3 is 12.1 Å². The molecule has 2 fully saturated rings. The zero-order valence-electron chi connectivity index (χ0n) is 26.2. The number of aliphatic hydroxyl groups excluding tert-OH is 1. The number of phenols is 1. The van der Waals surface area contributed by atoms with E-state index < -0.39 is 41.8 Å². The van der Waals surface area contributed by atoms with Gasteiger partial charge in [-0.15, -0.1) is 0 Å². The molecule has 0 saturated heterocycles. The maximum Gasteiger partial charge on any atom is 0.453 e. The van der Waals surface area contributed by atoms with E-state index in [0.29, 0.717) is 24.4 Å². The van der Waals surface area contributed by atoms with E-state index in [9.17, 15) is 41.2 Å². The molecule has 7 atom stereocenters. The minimum atomic E-state index is -5.56. The summed E-state index contributed by atoms with van der Waals surface area (Å²) in [6.07, 6.45) is 1.74. The molecule has 0 heterocycles. The van der Waals surface area contributed by atoms with Crippen molar-refractivity contribution in [2.24, 2.45) is 28.6 Å². The second kappa shape index (κ2) is 13.7. The number of hydrogen-bond acceptors (Lipinski definition) is 4. The van der Waals surface area contributed by atoms with Crippen LogP contribution >= 0.6 is 0 Å². The number of aliphatic hydroxyl groups is 1. The number of rotatable bonds is 14. The number of Topliss-reactive ketones (excluding diaryl/α,β-unsaturated/α-hetero) is 1. The molecule has 0 spiro atoms. The number of phenolic OH excluding ortho intramolecular Hbond substituents is 1. The van der Waals surface area contributed by atoms with Crippen molar-refractivity contribution in [2.45, 2.75) is 128 Å². The Balaban J connectivity index is 1.23. The van der Waals surface area contributed by atoms with Crippen LogP contribution in [0, 0.1) is 28.6 Å². The highest BCUT2D eigenvalue weighted by molar-refractivity contribution is 7.84. The highest BCUT2D eigenvalue weighted by atomic mass is 32.2. The van der Waals surface area contributed by atoms with E-state index in [1.807, 2.05) is 6.07 Å². The van der Waals surface area contributed by atoms with Crippen LogP contribution < -0.4 is 0 Å². The van der Waals surface area contributed by atoms with Crippen molar-refractivity contribution >= 4 is 16.6 Å². The van der Waals surface area contributed by atoms with Crippen LogP contribution in [-0.4, -0.2) is 43.8 Å². The molecular formula is C34H49F5O4S. The van der Waals surface area contributed by atoms with Gasteiger partial charge in [0.05, 0.1) is 6.10 Å². The fraction of sp³-hybridized carbons (Fsp3) is 0.794. The molecule has 0 aliphatic heterocycles. The Morgan fingerprint density at radius 1 is 0.909 bits per heavy atom. The third kappa shape index (κ3) is 7.06. The van der Waals surface area contributed by atoms with Crippen LogP contribution in [0.4, 0.5) is 22.0 Å². The summed E-state index contributed by atoms with van der Waals surface area (Å²) in [7, 11) is -1.39. The van der Waals surface area contributed by atoms with Gasteiger partial charge in [0.25, 0.3) is 0 Å². The second-order valence-corrected chi connectivity index (χ2v) is 16.0.